The molecule has 0 unspecified atom stereocenters. The van der Waals surface area contributed by atoms with Gasteiger partial charge in [-0.05, 0) is 44.0 Å². The minimum Gasteiger partial charge on any atom is -0.478 e. The second-order valence-electron chi connectivity index (χ2n) is 9.01. The number of piperidine rings is 1. The van der Waals surface area contributed by atoms with Gasteiger partial charge in [-0.25, -0.2) is 18.2 Å². The highest BCUT2D eigenvalue weighted by Crippen LogP contribution is 2.32. The molecule has 1 aromatic carbocycles. The number of ether oxygens (including phenoxy) is 2. The Balaban J connectivity index is 1.78. The van der Waals surface area contributed by atoms with Gasteiger partial charge in [0.05, 0.1) is 23.9 Å². The van der Waals surface area contributed by atoms with E-state index in [2.05, 4.69) is 4.98 Å². The van der Waals surface area contributed by atoms with Crippen LogP contribution in [-0.4, -0.2) is 58.2 Å². The zero-order valence-electron chi connectivity index (χ0n) is 20.6. The van der Waals surface area contributed by atoms with Gasteiger partial charge in [0.1, 0.15) is 11.7 Å². The Morgan fingerprint density at radius 1 is 1.19 bits per heavy atom. The second kappa shape index (κ2) is 9.45. The van der Waals surface area contributed by atoms with Crippen LogP contribution in [0.2, 0.25) is 0 Å². The lowest BCUT2D eigenvalue weighted by Gasteiger charge is -2.29. The summed E-state index contributed by atoms with van der Waals surface area (Å²) < 4.78 is 55.5. The smallest absolute Gasteiger partial charge is 0.281 e. The SMILES string of the molecule is COc1nc2c(=O)n(-c3ccc4c(cc(C)n4C)c3F)cc(C(=O)N3CCC(F)CC3)c2cc1OCF. The summed E-state index contributed by atoms with van der Waals surface area (Å²) in [6.45, 7) is 1.02. The first-order valence-corrected chi connectivity index (χ1v) is 11.8. The number of halogens is 3. The first-order valence-electron chi connectivity index (χ1n) is 11.8. The van der Waals surface area contributed by atoms with Crippen molar-refractivity contribution in [2.24, 2.45) is 7.05 Å². The normalized spacial score (nSPS) is 14.5. The predicted molar refractivity (Wildman–Crippen MR) is 132 cm³/mol. The summed E-state index contributed by atoms with van der Waals surface area (Å²) in [5.74, 6) is -1.38. The highest BCUT2D eigenvalue weighted by molar-refractivity contribution is 6.06. The summed E-state index contributed by atoms with van der Waals surface area (Å²) in [6, 6.07) is 6.14. The summed E-state index contributed by atoms with van der Waals surface area (Å²) in [6.07, 6.45) is 0.622. The fourth-order valence-electron chi connectivity index (χ4n) is 4.78. The molecule has 8 nitrogen and oxygen atoms in total. The van der Waals surface area contributed by atoms with Gasteiger partial charge in [0.15, 0.2) is 11.6 Å². The molecule has 1 fully saturated rings. The fourth-order valence-corrected chi connectivity index (χ4v) is 4.78. The van der Waals surface area contributed by atoms with Crippen molar-refractivity contribution < 1.29 is 27.4 Å². The maximum absolute atomic E-state index is 15.8. The van der Waals surface area contributed by atoms with Crippen molar-refractivity contribution in [3.05, 3.63) is 57.9 Å². The number of hydrogen-bond acceptors (Lipinski definition) is 5. The van der Waals surface area contributed by atoms with Crippen molar-refractivity contribution >= 4 is 27.7 Å². The summed E-state index contributed by atoms with van der Waals surface area (Å²) >= 11 is 0. The molecule has 0 aliphatic carbocycles. The minimum atomic E-state index is -1.18. The number of hydrogen-bond donors (Lipinski definition) is 0. The molecule has 0 atom stereocenters. The van der Waals surface area contributed by atoms with Crippen molar-refractivity contribution in [3.63, 3.8) is 0 Å². The number of fused-ring (bicyclic) bond motifs is 2. The van der Waals surface area contributed by atoms with Crippen molar-refractivity contribution in [2.75, 3.05) is 27.1 Å². The molecular weight excluding hydrogens is 489 g/mol. The predicted octanol–water partition coefficient (Wildman–Crippen LogP) is 4.21. The van der Waals surface area contributed by atoms with Crippen molar-refractivity contribution in [1.82, 2.24) is 19.0 Å². The number of likely N-dealkylation sites (tertiary alicyclic amines) is 1. The van der Waals surface area contributed by atoms with E-state index in [9.17, 15) is 18.4 Å². The third-order valence-corrected chi connectivity index (χ3v) is 6.91. The number of aryl methyl sites for hydroxylation is 2. The summed E-state index contributed by atoms with van der Waals surface area (Å²) in [4.78, 5) is 32.9. The second-order valence-corrected chi connectivity index (χ2v) is 9.01. The molecule has 4 aromatic rings. The van der Waals surface area contributed by atoms with Crippen LogP contribution in [0.4, 0.5) is 13.2 Å². The average Bonchev–Trinajstić information content (AvgIpc) is 3.19. The van der Waals surface area contributed by atoms with Crippen LogP contribution < -0.4 is 15.0 Å². The molecular formula is C26H25F3N4O4. The lowest BCUT2D eigenvalue weighted by atomic mass is 10.1. The van der Waals surface area contributed by atoms with Crippen LogP contribution in [-0.2, 0) is 7.05 Å². The molecule has 0 N–H and O–H groups in total. The molecule has 11 heteroatoms. The van der Waals surface area contributed by atoms with Gasteiger partial charge in [0, 0.05) is 42.8 Å². The summed E-state index contributed by atoms with van der Waals surface area (Å²) in [5, 5.41) is 0.412. The van der Waals surface area contributed by atoms with E-state index < -0.39 is 30.3 Å². The molecule has 0 bridgehead atoms. The Labute approximate surface area is 209 Å². The van der Waals surface area contributed by atoms with Gasteiger partial charge < -0.3 is 18.9 Å². The minimum absolute atomic E-state index is 0.0227. The van der Waals surface area contributed by atoms with Crippen LogP contribution in [0.3, 0.4) is 0 Å². The van der Waals surface area contributed by atoms with Crippen LogP contribution in [0.1, 0.15) is 28.9 Å². The molecule has 0 radical (unpaired) electrons. The third kappa shape index (κ3) is 4.08. The van der Waals surface area contributed by atoms with Crippen LogP contribution >= 0.6 is 0 Å². The molecule has 0 spiro atoms. The zero-order chi connectivity index (χ0) is 26.4. The van der Waals surface area contributed by atoms with Crippen LogP contribution in [0, 0.1) is 12.7 Å². The van der Waals surface area contributed by atoms with Gasteiger partial charge in [-0.2, -0.15) is 0 Å². The number of carbonyl (C=O) groups excluding carboxylic acids is 1. The van der Waals surface area contributed by atoms with E-state index in [1.807, 2.05) is 18.5 Å². The van der Waals surface area contributed by atoms with E-state index in [4.69, 9.17) is 9.47 Å². The van der Waals surface area contributed by atoms with Gasteiger partial charge in [0.25, 0.3) is 17.3 Å². The Morgan fingerprint density at radius 3 is 2.59 bits per heavy atom. The first kappa shape index (κ1) is 24.7. The Morgan fingerprint density at radius 2 is 1.92 bits per heavy atom. The molecule has 5 rings (SSSR count). The molecule has 37 heavy (non-hydrogen) atoms. The summed E-state index contributed by atoms with van der Waals surface area (Å²) in [5.41, 5.74) is 0.547. The molecule has 194 valence electrons. The van der Waals surface area contributed by atoms with Gasteiger partial charge in [-0.3, -0.25) is 14.2 Å². The number of alkyl halides is 2. The number of carbonyl (C=O) groups is 1. The van der Waals surface area contributed by atoms with E-state index in [0.29, 0.717) is 10.9 Å². The molecule has 1 amide bonds. The van der Waals surface area contributed by atoms with Crippen LogP contribution in [0.15, 0.2) is 35.3 Å². The Bertz CT molecular complexity index is 1590. The van der Waals surface area contributed by atoms with Crippen molar-refractivity contribution in [1.29, 1.82) is 0 Å². The fraction of sp³-hybridized carbons (Fsp3) is 0.346. The van der Waals surface area contributed by atoms with Gasteiger partial charge >= 0.3 is 0 Å². The lowest BCUT2D eigenvalue weighted by molar-refractivity contribution is 0.0668. The van der Waals surface area contributed by atoms with Gasteiger partial charge in [0.2, 0.25) is 6.86 Å². The van der Waals surface area contributed by atoms with Crippen LogP contribution in [0.25, 0.3) is 27.5 Å². The van der Waals surface area contributed by atoms with Gasteiger partial charge in [-0.15, -0.1) is 0 Å². The van der Waals surface area contributed by atoms with E-state index in [1.54, 1.807) is 12.1 Å². The highest BCUT2D eigenvalue weighted by atomic mass is 19.1. The number of benzene rings is 1. The number of rotatable bonds is 5. The van der Waals surface area contributed by atoms with Crippen molar-refractivity contribution in [2.45, 2.75) is 25.9 Å². The average molecular weight is 515 g/mol. The zero-order valence-corrected chi connectivity index (χ0v) is 20.6. The molecule has 1 saturated heterocycles. The number of methoxy groups -OCH3 is 1. The number of aromatic nitrogens is 3. The molecule has 1 aliphatic rings. The van der Waals surface area contributed by atoms with Gasteiger partial charge in [-0.1, -0.05) is 0 Å². The maximum atomic E-state index is 15.8. The number of pyridine rings is 2. The molecule has 4 heterocycles. The maximum Gasteiger partial charge on any atom is 0.281 e. The Hall–Kier alpha value is -4.02. The standard InChI is InChI=1S/C26H25F3N4O4/c1-14-10-17-19(31(14)2)4-5-20(22(17)29)33-12-18(25(34)32-8-6-15(28)7-9-32)16-11-21(37-13-27)24(36-3)30-23(16)26(33)35/h4-5,10-12,15H,6-9,13H2,1-3H3. The quantitative estimate of drug-likeness (QED) is 0.399. The molecule has 3 aromatic heterocycles. The molecule has 0 saturated carbocycles. The monoisotopic (exact) mass is 514 g/mol. The van der Waals surface area contributed by atoms with E-state index in [-0.39, 0.29) is 59.7 Å². The summed E-state index contributed by atoms with van der Waals surface area (Å²) in [7, 11) is 3.09. The van der Waals surface area contributed by atoms with E-state index in [1.165, 1.54) is 30.3 Å². The number of nitrogens with zero attached hydrogens (tertiary/aromatic N) is 4. The lowest BCUT2D eigenvalue weighted by Crippen LogP contribution is -2.39. The highest BCUT2D eigenvalue weighted by Gasteiger charge is 2.28. The largest absolute Gasteiger partial charge is 0.478 e. The third-order valence-electron chi connectivity index (χ3n) is 6.91. The molecule has 1 aliphatic heterocycles. The van der Waals surface area contributed by atoms with E-state index >= 15 is 4.39 Å². The van der Waals surface area contributed by atoms with Crippen molar-refractivity contribution in [3.8, 4) is 17.3 Å². The van der Waals surface area contributed by atoms with E-state index in [0.717, 1.165) is 10.3 Å². The Kier molecular flexibility index (Phi) is 6.30. The first-order chi connectivity index (χ1) is 17.7. The van der Waals surface area contributed by atoms with Crippen LogP contribution in [0.5, 0.6) is 11.6 Å². The topological polar surface area (TPSA) is 78.6 Å². The number of amides is 1.